The van der Waals surface area contributed by atoms with Crippen LogP contribution in [0.2, 0.25) is 0 Å². The highest BCUT2D eigenvalue weighted by molar-refractivity contribution is 5.70. The lowest BCUT2D eigenvalue weighted by atomic mass is 9.94. The van der Waals surface area contributed by atoms with Gasteiger partial charge in [-0.3, -0.25) is 14.6 Å². The molecular weight excluding hydrogens is 319 g/mol. The Hall–Kier alpha value is -1.72. The van der Waals surface area contributed by atoms with Crippen LogP contribution in [-0.4, -0.2) is 59.6 Å². The van der Waals surface area contributed by atoms with Gasteiger partial charge in [0.05, 0.1) is 5.92 Å². The van der Waals surface area contributed by atoms with Crippen molar-refractivity contribution in [2.24, 2.45) is 5.92 Å². The Labute approximate surface area is 148 Å². The molecule has 25 heavy (non-hydrogen) atoms. The predicted molar refractivity (Wildman–Crippen MR) is 96.8 cm³/mol. The van der Waals surface area contributed by atoms with Crippen LogP contribution in [0.15, 0.2) is 30.3 Å². The van der Waals surface area contributed by atoms with Gasteiger partial charge in [0.25, 0.3) is 0 Å². The molecule has 0 radical (unpaired) electrons. The van der Waals surface area contributed by atoms with E-state index < -0.39 is 5.97 Å². The minimum atomic E-state index is -0.645. The molecule has 1 atom stereocenters. The average Bonchev–Trinajstić information content (AvgIpc) is 2.64. The molecule has 1 aromatic rings. The lowest BCUT2D eigenvalue weighted by Crippen LogP contribution is -2.49. The third-order valence-corrected chi connectivity index (χ3v) is 5.42. The van der Waals surface area contributed by atoms with Crippen LogP contribution in [0, 0.1) is 11.7 Å². The molecule has 1 aromatic carbocycles. The monoisotopic (exact) mass is 346 g/mol. The van der Waals surface area contributed by atoms with E-state index in [-0.39, 0.29) is 11.7 Å². The first-order chi connectivity index (χ1) is 12.1. The standard InChI is InChI=1S/C20H27FN2O2/c21-18-7-5-16(6-8-18)3-1-11-22-13-9-19(10-14-22)23-12-2-4-17(15-23)20(24)25/h1,3,5-8,17,19H,2,4,9-15H2,(H,24,25)/b3-1+/t17-/m1/s1. The van der Waals surface area contributed by atoms with Crippen molar-refractivity contribution in [1.82, 2.24) is 9.80 Å². The Bertz CT molecular complexity index is 594. The molecule has 0 aliphatic carbocycles. The van der Waals surface area contributed by atoms with E-state index in [1.54, 1.807) is 12.1 Å². The maximum absolute atomic E-state index is 12.9. The van der Waals surface area contributed by atoms with Crippen molar-refractivity contribution in [2.75, 3.05) is 32.7 Å². The second kappa shape index (κ2) is 8.59. The van der Waals surface area contributed by atoms with E-state index in [1.807, 2.05) is 6.08 Å². The second-order valence-electron chi connectivity index (χ2n) is 7.16. The van der Waals surface area contributed by atoms with Gasteiger partial charge in [0, 0.05) is 19.1 Å². The van der Waals surface area contributed by atoms with Crippen molar-refractivity contribution in [1.29, 1.82) is 0 Å². The Morgan fingerprint density at radius 2 is 1.88 bits per heavy atom. The molecule has 5 heteroatoms. The zero-order valence-corrected chi connectivity index (χ0v) is 14.6. The van der Waals surface area contributed by atoms with Crippen molar-refractivity contribution >= 4 is 12.0 Å². The summed E-state index contributed by atoms with van der Waals surface area (Å²) in [5.41, 5.74) is 1.02. The van der Waals surface area contributed by atoms with Gasteiger partial charge in [0.2, 0.25) is 0 Å². The van der Waals surface area contributed by atoms with Gasteiger partial charge < -0.3 is 5.11 Å². The smallest absolute Gasteiger partial charge is 0.307 e. The summed E-state index contributed by atoms with van der Waals surface area (Å²) in [6.45, 7) is 4.75. The van der Waals surface area contributed by atoms with Gasteiger partial charge in [0.15, 0.2) is 0 Å². The molecular formula is C20H27FN2O2. The normalized spacial score (nSPS) is 24.0. The molecule has 2 aliphatic heterocycles. The van der Waals surface area contributed by atoms with E-state index >= 15 is 0 Å². The quantitative estimate of drug-likeness (QED) is 0.890. The number of hydrogen-bond acceptors (Lipinski definition) is 3. The first-order valence-electron chi connectivity index (χ1n) is 9.23. The molecule has 0 aromatic heterocycles. The zero-order chi connectivity index (χ0) is 17.6. The average molecular weight is 346 g/mol. The first kappa shape index (κ1) is 18.1. The fourth-order valence-corrected chi connectivity index (χ4v) is 3.92. The Morgan fingerprint density at radius 1 is 1.16 bits per heavy atom. The summed E-state index contributed by atoms with van der Waals surface area (Å²) >= 11 is 0. The van der Waals surface area contributed by atoms with E-state index in [0.717, 1.165) is 57.4 Å². The van der Waals surface area contributed by atoms with E-state index in [1.165, 1.54) is 12.1 Å². The van der Waals surface area contributed by atoms with Gasteiger partial charge in [-0.2, -0.15) is 0 Å². The molecule has 1 N–H and O–H groups in total. The summed E-state index contributed by atoms with van der Waals surface area (Å²) in [6, 6.07) is 7.06. The third kappa shape index (κ3) is 5.13. The number of nitrogens with zero attached hydrogens (tertiary/aromatic N) is 2. The SMILES string of the molecule is O=C(O)[C@@H]1CCCN(C2CCN(C/C=C/c3ccc(F)cc3)CC2)C1. The molecule has 0 amide bonds. The molecule has 2 saturated heterocycles. The van der Waals surface area contributed by atoms with Gasteiger partial charge in [0.1, 0.15) is 5.82 Å². The molecule has 2 heterocycles. The van der Waals surface area contributed by atoms with Crippen molar-refractivity contribution in [2.45, 2.75) is 31.7 Å². The number of hydrogen-bond donors (Lipinski definition) is 1. The number of carboxylic acid groups (broad SMARTS) is 1. The van der Waals surface area contributed by atoms with Crippen molar-refractivity contribution in [3.8, 4) is 0 Å². The van der Waals surface area contributed by atoms with Crippen LogP contribution in [0.1, 0.15) is 31.2 Å². The predicted octanol–water partition coefficient (Wildman–Crippen LogP) is 3.10. The topological polar surface area (TPSA) is 43.8 Å². The van der Waals surface area contributed by atoms with Gasteiger partial charge in [-0.1, -0.05) is 24.3 Å². The van der Waals surface area contributed by atoms with Gasteiger partial charge >= 0.3 is 5.97 Å². The molecule has 3 rings (SSSR count). The number of halogens is 1. The van der Waals surface area contributed by atoms with E-state index in [2.05, 4.69) is 15.9 Å². The maximum Gasteiger partial charge on any atom is 0.307 e. The highest BCUT2D eigenvalue weighted by Crippen LogP contribution is 2.24. The van der Waals surface area contributed by atoms with Crippen LogP contribution in [-0.2, 0) is 4.79 Å². The Morgan fingerprint density at radius 3 is 2.56 bits per heavy atom. The van der Waals surface area contributed by atoms with E-state index in [0.29, 0.717) is 12.6 Å². The summed E-state index contributed by atoms with van der Waals surface area (Å²) in [4.78, 5) is 16.0. The van der Waals surface area contributed by atoms with Crippen LogP contribution in [0.4, 0.5) is 4.39 Å². The minimum Gasteiger partial charge on any atom is -0.481 e. The number of aliphatic carboxylic acids is 1. The lowest BCUT2D eigenvalue weighted by molar-refractivity contribution is -0.144. The molecule has 0 spiro atoms. The fourth-order valence-electron chi connectivity index (χ4n) is 3.92. The molecule has 4 nitrogen and oxygen atoms in total. The summed E-state index contributed by atoms with van der Waals surface area (Å²) < 4.78 is 12.9. The van der Waals surface area contributed by atoms with E-state index in [9.17, 15) is 14.3 Å². The van der Waals surface area contributed by atoms with Crippen LogP contribution in [0.3, 0.4) is 0 Å². The molecule has 2 aliphatic rings. The van der Waals surface area contributed by atoms with Crippen LogP contribution >= 0.6 is 0 Å². The number of likely N-dealkylation sites (tertiary alicyclic amines) is 2. The number of piperidine rings is 2. The highest BCUT2D eigenvalue weighted by Gasteiger charge is 2.31. The van der Waals surface area contributed by atoms with Gasteiger partial charge in [-0.05, 0) is 63.0 Å². The maximum atomic E-state index is 12.9. The summed E-state index contributed by atoms with van der Waals surface area (Å²) in [5, 5.41) is 9.24. The molecule has 136 valence electrons. The Balaban J connectivity index is 1.42. The van der Waals surface area contributed by atoms with Crippen molar-refractivity contribution in [3.63, 3.8) is 0 Å². The van der Waals surface area contributed by atoms with Crippen molar-refractivity contribution in [3.05, 3.63) is 41.7 Å². The number of carboxylic acids is 1. The summed E-state index contributed by atoms with van der Waals surface area (Å²) in [7, 11) is 0. The lowest BCUT2D eigenvalue weighted by Gasteiger charge is -2.41. The number of rotatable bonds is 5. The molecule has 0 bridgehead atoms. The second-order valence-corrected chi connectivity index (χ2v) is 7.16. The largest absolute Gasteiger partial charge is 0.481 e. The van der Waals surface area contributed by atoms with Crippen LogP contribution in [0.5, 0.6) is 0 Å². The summed E-state index contributed by atoms with van der Waals surface area (Å²) in [6.07, 6.45) is 8.20. The van der Waals surface area contributed by atoms with Gasteiger partial charge in [-0.15, -0.1) is 0 Å². The van der Waals surface area contributed by atoms with Gasteiger partial charge in [-0.25, -0.2) is 4.39 Å². The molecule has 0 unspecified atom stereocenters. The summed E-state index contributed by atoms with van der Waals surface area (Å²) in [5.74, 6) is -1.04. The number of benzene rings is 1. The first-order valence-corrected chi connectivity index (χ1v) is 9.23. The van der Waals surface area contributed by atoms with Crippen LogP contribution < -0.4 is 0 Å². The molecule has 2 fully saturated rings. The highest BCUT2D eigenvalue weighted by atomic mass is 19.1. The van der Waals surface area contributed by atoms with Crippen LogP contribution in [0.25, 0.3) is 6.08 Å². The van der Waals surface area contributed by atoms with E-state index in [4.69, 9.17) is 0 Å². The third-order valence-electron chi connectivity index (χ3n) is 5.42. The fraction of sp³-hybridized carbons (Fsp3) is 0.550. The number of carbonyl (C=O) groups is 1. The van der Waals surface area contributed by atoms with Crippen molar-refractivity contribution < 1.29 is 14.3 Å². The zero-order valence-electron chi connectivity index (χ0n) is 14.6. The Kier molecular flexibility index (Phi) is 6.21. The molecule has 0 saturated carbocycles. The minimum absolute atomic E-state index is 0.189.